The molecule has 1 atom stereocenters. The van der Waals surface area contributed by atoms with Gasteiger partial charge in [-0.25, -0.2) is 4.39 Å². The molecule has 1 aliphatic rings. The minimum Gasteiger partial charge on any atom is -0.456 e. The predicted molar refractivity (Wildman–Crippen MR) is 82.7 cm³/mol. The number of fused-ring (bicyclic) bond motifs is 1. The van der Waals surface area contributed by atoms with Gasteiger partial charge in [0.05, 0.1) is 5.92 Å². The van der Waals surface area contributed by atoms with Gasteiger partial charge in [-0.15, -0.1) is 0 Å². The summed E-state index contributed by atoms with van der Waals surface area (Å²) in [5.74, 6) is -3.79. The van der Waals surface area contributed by atoms with Crippen molar-refractivity contribution in [2.45, 2.75) is 32.0 Å². The van der Waals surface area contributed by atoms with Crippen LogP contribution >= 0.6 is 0 Å². The van der Waals surface area contributed by atoms with Crippen molar-refractivity contribution in [2.24, 2.45) is 0 Å². The Labute approximate surface area is 145 Å². The maximum absolute atomic E-state index is 13.5. The van der Waals surface area contributed by atoms with E-state index in [0.717, 1.165) is 12.1 Å². The molecule has 0 fully saturated rings. The highest BCUT2D eigenvalue weighted by molar-refractivity contribution is 6.01. The zero-order chi connectivity index (χ0) is 19.1. The van der Waals surface area contributed by atoms with Gasteiger partial charge in [0.25, 0.3) is 0 Å². The Kier molecular flexibility index (Phi) is 4.47. The van der Waals surface area contributed by atoms with Gasteiger partial charge >= 0.3 is 6.18 Å². The molecule has 1 aromatic heterocycles. The van der Waals surface area contributed by atoms with Gasteiger partial charge in [-0.2, -0.15) is 13.2 Å². The van der Waals surface area contributed by atoms with Crippen LogP contribution < -0.4 is 10.6 Å². The van der Waals surface area contributed by atoms with Crippen molar-refractivity contribution in [2.75, 3.05) is 5.32 Å². The lowest BCUT2D eigenvalue weighted by Gasteiger charge is -2.24. The average molecular weight is 370 g/mol. The van der Waals surface area contributed by atoms with Crippen LogP contribution in [0.15, 0.2) is 28.7 Å². The molecule has 2 amide bonds. The van der Waals surface area contributed by atoms with Gasteiger partial charge in [0.1, 0.15) is 11.6 Å². The van der Waals surface area contributed by atoms with E-state index in [1.807, 2.05) is 0 Å². The van der Waals surface area contributed by atoms with Gasteiger partial charge in [0, 0.05) is 24.2 Å². The maximum Gasteiger partial charge on any atom is 0.449 e. The van der Waals surface area contributed by atoms with Crippen molar-refractivity contribution in [1.29, 1.82) is 0 Å². The molecule has 1 aliphatic heterocycles. The van der Waals surface area contributed by atoms with Crippen LogP contribution in [-0.2, 0) is 22.3 Å². The Morgan fingerprint density at radius 2 is 2.08 bits per heavy atom. The molecule has 0 unspecified atom stereocenters. The van der Waals surface area contributed by atoms with E-state index in [-0.39, 0.29) is 23.3 Å². The van der Waals surface area contributed by atoms with Crippen LogP contribution in [0.25, 0.3) is 0 Å². The molecule has 0 aliphatic carbocycles. The summed E-state index contributed by atoms with van der Waals surface area (Å²) in [6.07, 6.45) is -4.91. The molecule has 26 heavy (non-hydrogen) atoms. The first kappa shape index (κ1) is 18.0. The molecule has 0 saturated carbocycles. The summed E-state index contributed by atoms with van der Waals surface area (Å²) in [6, 6.07) is 4.79. The van der Waals surface area contributed by atoms with Gasteiger partial charge in [-0.3, -0.25) is 9.59 Å². The molecule has 2 aromatic rings. The molecule has 0 radical (unpaired) electrons. The largest absolute Gasteiger partial charge is 0.456 e. The highest BCUT2D eigenvalue weighted by Gasteiger charge is 2.38. The van der Waals surface area contributed by atoms with Crippen molar-refractivity contribution in [1.82, 2.24) is 5.32 Å². The van der Waals surface area contributed by atoms with Crippen LogP contribution in [0.5, 0.6) is 0 Å². The fraction of sp³-hybridized carbons (Fsp3) is 0.294. The van der Waals surface area contributed by atoms with Gasteiger partial charge in [-0.1, -0.05) is 0 Å². The molecular formula is C17H14F4N2O3. The number of carbonyl (C=O) groups excluding carboxylic acids is 2. The molecule has 1 aromatic carbocycles. The van der Waals surface area contributed by atoms with E-state index < -0.39 is 42.0 Å². The second-order valence-corrected chi connectivity index (χ2v) is 5.96. The first-order valence-corrected chi connectivity index (χ1v) is 7.68. The molecule has 138 valence electrons. The van der Waals surface area contributed by atoms with Crippen LogP contribution in [0.1, 0.15) is 35.0 Å². The summed E-state index contributed by atoms with van der Waals surface area (Å²) in [6.45, 7) is 0.943. The lowest BCUT2D eigenvalue weighted by Crippen LogP contribution is -2.35. The number of amides is 2. The smallest absolute Gasteiger partial charge is 0.449 e. The molecule has 0 saturated heterocycles. The zero-order valence-corrected chi connectivity index (χ0v) is 13.5. The molecule has 2 heterocycles. The van der Waals surface area contributed by atoms with Gasteiger partial charge in [0.15, 0.2) is 0 Å². The fourth-order valence-electron chi connectivity index (χ4n) is 2.91. The van der Waals surface area contributed by atoms with E-state index in [9.17, 15) is 27.2 Å². The second-order valence-electron chi connectivity index (χ2n) is 5.96. The van der Waals surface area contributed by atoms with Crippen molar-refractivity contribution in [3.05, 3.63) is 52.7 Å². The van der Waals surface area contributed by atoms with Crippen LogP contribution in [0.3, 0.4) is 0 Å². The minimum atomic E-state index is -4.69. The predicted octanol–water partition coefficient (Wildman–Crippen LogP) is 3.49. The Balaban J connectivity index is 1.80. The van der Waals surface area contributed by atoms with Gasteiger partial charge in [-0.05, 0) is 36.8 Å². The average Bonchev–Trinajstić information content (AvgIpc) is 2.93. The number of aryl methyl sites for hydroxylation is 1. The van der Waals surface area contributed by atoms with E-state index in [0.29, 0.717) is 5.69 Å². The number of benzene rings is 1. The van der Waals surface area contributed by atoms with Crippen LogP contribution in [0, 0.1) is 12.7 Å². The first-order chi connectivity index (χ1) is 12.1. The van der Waals surface area contributed by atoms with Gasteiger partial charge < -0.3 is 15.1 Å². The topological polar surface area (TPSA) is 71.3 Å². The fourth-order valence-corrected chi connectivity index (χ4v) is 2.91. The summed E-state index contributed by atoms with van der Waals surface area (Å²) >= 11 is 0. The van der Waals surface area contributed by atoms with Crippen molar-refractivity contribution in [3.63, 3.8) is 0 Å². The highest BCUT2D eigenvalue weighted by Crippen LogP contribution is 2.35. The molecule has 0 bridgehead atoms. The Bertz CT molecular complexity index is 873. The van der Waals surface area contributed by atoms with Crippen LogP contribution in [-0.4, -0.2) is 11.8 Å². The number of furan rings is 1. The third kappa shape index (κ3) is 3.56. The van der Waals surface area contributed by atoms with Crippen molar-refractivity contribution < 1.29 is 31.6 Å². The number of rotatable bonds is 3. The quantitative estimate of drug-likeness (QED) is 0.813. The summed E-state index contributed by atoms with van der Waals surface area (Å²) in [5.41, 5.74) is 0.363. The van der Waals surface area contributed by atoms with Crippen molar-refractivity contribution in [3.8, 4) is 0 Å². The van der Waals surface area contributed by atoms with E-state index in [1.54, 1.807) is 0 Å². The van der Waals surface area contributed by atoms with E-state index >= 15 is 0 Å². The van der Waals surface area contributed by atoms with Crippen molar-refractivity contribution >= 4 is 17.5 Å². The lowest BCUT2D eigenvalue weighted by atomic mass is 9.89. The summed E-state index contributed by atoms with van der Waals surface area (Å²) < 4.78 is 56.9. The van der Waals surface area contributed by atoms with E-state index in [1.165, 1.54) is 19.1 Å². The van der Waals surface area contributed by atoms with Crippen LogP contribution in [0.4, 0.5) is 23.2 Å². The number of hydrogen-bond donors (Lipinski definition) is 2. The zero-order valence-electron chi connectivity index (χ0n) is 13.5. The number of anilines is 1. The lowest BCUT2D eigenvalue weighted by molar-refractivity contribution is -0.154. The Hall–Kier alpha value is -2.84. The van der Waals surface area contributed by atoms with Crippen LogP contribution in [0.2, 0.25) is 0 Å². The number of nitrogens with one attached hydrogen (secondary N) is 2. The first-order valence-electron chi connectivity index (χ1n) is 7.68. The normalized spacial score (nSPS) is 16.8. The SMILES string of the molecule is Cc1cc(CNC(=O)[C@H]2CC(=O)Nc3ccc(F)cc32)c(C(F)(F)F)o1. The monoisotopic (exact) mass is 370 g/mol. The third-order valence-electron chi connectivity index (χ3n) is 4.01. The van der Waals surface area contributed by atoms with E-state index in [4.69, 9.17) is 0 Å². The third-order valence-corrected chi connectivity index (χ3v) is 4.01. The molecule has 3 rings (SSSR count). The summed E-state index contributed by atoms with van der Waals surface area (Å²) in [7, 11) is 0. The van der Waals surface area contributed by atoms with Gasteiger partial charge in [0.2, 0.25) is 17.6 Å². The highest BCUT2D eigenvalue weighted by atomic mass is 19.4. The minimum absolute atomic E-state index is 0.0611. The maximum atomic E-state index is 13.5. The molecule has 9 heteroatoms. The molecule has 2 N–H and O–H groups in total. The Morgan fingerprint density at radius 1 is 1.35 bits per heavy atom. The Morgan fingerprint density at radius 3 is 2.77 bits per heavy atom. The summed E-state index contributed by atoms with van der Waals surface area (Å²) in [5, 5.41) is 4.90. The molecular weight excluding hydrogens is 356 g/mol. The number of halogens is 4. The number of carbonyl (C=O) groups is 2. The number of alkyl halides is 3. The second kappa shape index (κ2) is 6.47. The molecule has 0 spiro atoms. The standard InChI is InChI=1S/C17H14F4N2O3/c1-8-4-9(15(26-8)17(19,20)21)7-22-16(25)12-6-14(24)23-13-3-2-10(18)5-11(12)13/h2-5,12H,6-7H2,1H3,(H,22,25)(H,23,24)/t12-/m0/s1. The molecule has 5 nitrogen and oxygen atoms in total. The number of hydrogen-bond acceptors (Lipinski definition) is 3. The summed E-state index contributed by atoms with van der Waals surface area (Å²) in [4.78, 5) is 24.2. The van der Waals surface area contributed by atoms with E-state index in [2.05, 4.69) is 15.1 Å².